The molecule has 0 bridgehead atoms. The van der Waals surface area contributed by atoms with Gasteiger partial charge in [-0.1, -0.05) is 199 Å². The van der Waals surface area contributed by atoms with Gasteiger partial charge in [-0.05, 0) is 77.0 Å². The normalized spacial score (nSPS) is 13.3. The number of hydrogen-bond acceptors (Lipinski definition) is 6. The molecule has 0 aliphatic rings. The van der Waals surface area contributed by atoms with Crippen molar-refractivity contribution < 1.29 is 28.6 Å². The van der Waals surface area contributed by atoms with E-state index < -0.39 is 12.1 Å². The minimum absolute atomic E-state index is 0.131. The van der Waals surface area contributed by atoms with Crippen molar-refractivity contribution in [3.05, 3.63) is 134 Å². The van der Waals surface area contributed by atoms with E-state index in [0.29, 0.717) is 19.3 Å². The van der Waals surface area contributed by atoms with Crippen LogP contribution in [0.15, 0.2) is 134 Å². The van der Waals surface area contributed by atoms with Gasteiger partial charge < -0.3 is 14.2 Å². The molecule has 328 valence electrons. The first-order valence-electron chi connectivity index (χ1n) is 22.8. The Kier molecular flexibility index (Phi) is 42.8. The number of carbonyl (C=O) groups is 3. The molecular formula is C53H80O6. The molecule has 0 N–H and O–H groups in total. The van der Waals surface area contributed by atoms with Gasteiger partial charge in [-0.25, -0.2) is 0 Å². The van der Waals surface area contributed by atoms with Crippen molar-refractivity contribution in [2.75, 3.05) is 13.2 Å². The third kappa shape index (κ3) is 44.5. The van der Waals surface area contributed by atoms with Crippen LogP contribution in [0, 0.1) is 0 Å². The summed E-state index contributed by atoms with van der Waals surface area (Å²) < 4.78 is 16.6. The minimum atomic E-state index is -0.839. The first-order chi connectivity index (χ1) is 29.0. The monoisotopic (exact) mass is 813 g/mol. The Labute approximate surface area is 360 Å². The molecule has 0 amide bonds. The highest BCUT2D eigenvalue weighted by Crippen LogP contribution is 2.11. The number of allylic oxidation sites excluding steroid dienone is 22. The summed E-state index contributed by atoms with van der Waals surface area (Å²) in [6.07, 6.45) is 64.4. The molecule has 0 fully saturated rings. The lowest BCUT2D eigenvalue weighted by Gasteiger charge is -2.18. The Morgan fingerprint density at radius 3 is 1.12 bits per heavy atom. The minimum Gasteiger partial charge on any atom is -0.462 e. The maximum Gasteiger partial charge on any atom is 0.306 e. The largest absolute Gasteiger partial charge is 0.462 e. The van der Waals surface area contributed by atoms with Crippen molar-refractivity contribution >= 4 is 17.9 Å². The summed E-state index contributed by atoms with van der Waals surface area (Å²) in [5, 5.41) is 0. The summed E-state index contributed by atoms with van der Waals surface area (Å²) in [7, 11) is 0. The molecule has 6 nitrogen and oxygen atoms in total. The number of carbonyl (C=O) groups excluding carboxylic acids is 3. The Morgan fingerprint density at radius 2 is 0.678 bits per heavy atom. The van der Waals surface area contributed by atoms with Crippen LogP contribution in [0.4, 0.5) is 0 Å². The van der Waals surface area contributed by atoms with Crippen LogP contribution in [0.5, 0.6) is 0 Å². The van der Waals surface area contributed by atoms with Crippen LogP contribution in [0.25, 0.3) is 0 Å². The molecule has 0 rings (SSSR count). The molecule has 0 aromatic carbocycles. The fourth-order valence-electron chi connectivity index (χ4n) is 5.47. The van der Waals surface area contributed by atoms with Gasteiger partial charge in [0.25, 0.3) is 0 Å². The van der Waals surface area contributed by atoms with Gasteiger partial charge in [-0.3, -0.25) is 14.4 Å². The van der Waals surface area contributed by atoms with Crippen LogP contribution in [-0.4, -0.2) is 37.2 Å². The van der Waals surface area contributed by atoms with E-state index in [1.807, 2.05) is 91.1 Å². The molecule has 0 aliphatic carbocycles. The number of ether oxygens (including phenoxy) is 3. The second kappa shape index (κ2) is 46.2. The standard InChI is InChI=1S/C53H80O6/c1-4-7-10-13-16-19-22-25-26-29-31-34-37-40-43-46-52(55)58-49-50(59-53(56)47-44-41-38-35-32-28-24-21-18-15-12-9-6-3)48-57-51(54)45-42-39-36-33-30-27-23-20-17-14-11-8-5-2/h8-9,11-12,14-25,27-28,30,32,35,38,50H,4-7,10,13,26,29,31,33-34,36-37,39-49H2,1-3H3/b11-8+,12-9+,17-14+,18-15+,19-16+,23-20+,24-21+,25-22+,30-27+,32-28+,38-35+. The first-order valence-corrected chi connectivity index (χ1v) is 22.8. The lowest BCUT2D eigenvalue weighted by Crippen LogP contribution is -2.30. The first kappa shape index (κ1) is 54.6. The molecule has 0 heterocycles. The van der Waals surface area contributed by atoms with Gasteiger partial charge >= 0.3 is 17.9 Å². The van der Waals surface area contributed by atoms with Gasteiger partial charge in [0, 0.05) is 19.3 Å². The molecule has 0 aromatic rings. The summed E-state index contributed by atoms with van der Waals surface area (Å²) >= 11 is 0. The van der Waals surface area contributed by atoms with Gasteiger partial charge in [0.05, 0.1) is 0 Å². The van der Waals surface area contributed by atoms with Gasteiger partial charge in [0.15, 0.2) is 6.10 Å². The zero-order chi connectivity index (χ0) is 43.0. The summed E-state index contributed by atoms with van der Waals surface area (Å²) in [6.45, 7) is 6.17. The molecule has 59 heavy (non-hydrogen) atoms. The average molecular weight is 813 g/mol. The highest BCUT2D eigenvalue weighted by atomic mass is 16.6. The predicted molar refractivity (Wildman–Crippen MR) is 251 cm³/mol. The molecule has 0 aliphatic heterocycles. The smallest absolute Gasteiger partial charge is 0.306 e. The highest BCUT2D eigenvalue weighted by Gasteiger charge is 2.19. The Hall–Kier alpha value is -4.45. The van der Waals surface area contributed by atoms with E-state index in [1.165, 1.54) is 32.1 Å². The Bertz CT molecular complexity index is 1350. The fraction of sp³-hybridized carbons (Fsp3) is 0.528. The maximum atomic E-state index is 12.7. The van der Waals surface area contributed by atoms with E-state index in [1.54, 1.807) is 0 Å². The molecule has 0 saturated carbocycles. The second-order valence-electron chi connectivity index (χ2n) is 14.4. The molecular weight excluding hydrogens is 733 g/mol. The number of hydrogen-bond donors (Lipinski definition) is 0. The molecule has 0 spiro atoms. The zero-order valence-electron chi connectivity index (χ0n) is 37.2. The zero-order valence-corrected chi connectivity index (χ0v) is 37.2. The summed E-state index contributed by atoms with van der Waals surface area (Å²) in [5.74, 6) is -1.07. The van der Waals surface area contributed by atoms with Gasteiger partial charge in [0.2, 0.25) is 0 Å². The van der Waals surface area contributed by atoms with E-state index in [-0.39, 0.29) is 38.0 Å². The molecule has 1 atom stereocenters. The molecule has 0 radical (unpaired) electrons. The maximum absolute atomic E-state index is 12.7. The quantitative estimate of drug-likeness (QED) is 0.0267. The van der Waals surface area contributed by atoms with Crippen LogP contribution in [0.3, 0.4) is 0 Å². The third-order valence-corrected chi connectivity index (χ3v) is 8.87. The van der Waals surface area contributed by atoms with E-state index in [2.05, 4.69) is 63.3 Å². The van der Waals surface area contributed by atoms with Crippen LogP contribution >= 0.6 is 0 Å². The van der Waals surface area contributed by atoms with E-state index in [9.17, 15) is 14.4 Å². The lowest BCUT2D eigenvalue weighted by molar-refractivity contribution is -0.167. The van der Waals surface area contributed by atoms with Crippen molar-refractivity contribution in [1.29, 1.82) is 0 Å². The fourth-order valence-corrected chi connectivity index (χ4v) is 5.47. The molecule has 1 unspecified atom stereocenters. The summed E-state index contributed by atoms with van der Waals surface area (Å²) in [4.78, 5) is 37.8. The third-order valence-electron chi connectivity index (χ3n) is 8.87. The van der Waals surface area contributed by atoms with Crippen LogP contribution in [0.2, 0.25) is 0 Å². The SMILES string of the molecule is CC/C=C/C=C/C=C/C=C/C=C/CCCC(=O)OC(COC(=O)CCCCC/C=C/C=C/C=C/C=C/CC)COC(=O)CCCCCCCC/C=C/C=C/CCCCC. The summed E-state index contributed by atoms with van der Waals surface area (Å²) in [6, 6.07) is 0. The number of esters is 3. The number of unbranched alkanes of at least 4 members (excludes halogenated alkanes) is 13. The van der Waals surface area contributed by atoms with Crippen molar-refractivity contribution in [2.45, 2.75) is 168 Å². The van der Waals surface area contributed by atoms with Crippen LogP contribution in [-0.2, 0) is 28.6 Å². The number of rotatable bonds is 38. The van der Waals surface area contributed by atoms with Crippen molar-refractivity contribution in [3.63, 3.8) is 0 Å². The molecule has 6 heteroatoms. The lowest BCUT2D eigenvalue weighted by atomic mass is 10.1. The second-order valence-corrected chi connectivity index (χ2v) is 14.4. The molecule has 0 saturated heterocycles. The predicted octanol–water partition coefficient (Wildman–Crippen LogP) is 14.7. The van der Waals surface area contributed by atoms with Gasteiger partial charge in [0.1, 0.15) is 13.2 Å². The van der Waals surface area contributed by atoms with Gasteiger partial charge in [-0.2, -0.15) is 0 Å². The highest BCUT2D eigenvalue weighted by molar-refractivity contribution is 5.71. The average Bonchev–Trinajstić information content (AvgIpc) is 3.23. The molecule has 0 aromatic heterocycles. The van der Waals surface area contributed by atoms with E-state index in [0.717, 1.165) is 77.0 Å². The van der Waals surface area contributed by atoms with Crippen molar-refractivity contribution in [1.82, 2.24) is 0 Å². The van der Waals surface area contributed by atoms with Crippen molar-refractivity contribution in [3.8, 4) is 0 Å². The van der Waals surface area contributed by atoms with Crippen LogP contribution in [0.1, 0.15) is 162 Å². The summed E-state index contributed by atoms with van der Waals surface area (Å²) in [5.41, 5.74) is 0. The Morgan fingerprint density at radius 1 is 0.356 bits per heavy atom. The topological polar surface area (TPSA) is 78.9 Å². The van der Waals surface area contributed by atoms with E-state index >= 15 is 0 Å². The van der Waals surface area contributed by atoms with Crippen molar-refractivity contribution in [2.24, 2.45) is 0 Å². The Balaban J connectivity index is 4.61. The van der Waals surface area contributed by atoms with Crippen LogP contribution < -0.4 is 0 Å². The van der Waals surface area contributed by atoms with Gasteiger partial charge in [-0.15, -0.1) is 0 Å². The van der Waals surface area contributed by atoms with E-state index in [4.69, 9.17) is 14.2 Å².